The second-order valence-electron chi connectivity index (χ2n) is 8.49. The molecule has 0 aromatic carbocycles. The van der Waals surface area contributed by atoms with Crippen LogP contribution in [0, 0.1) is 23.2 Å². The zero-order valence-electron chi connectivity index (χ0n) is 14.2. The molecule has 1 saturated heterocycles. The molecule has 0 amide bonds. The van der Waals surface area contributed by atoms with E-state index in [9.17, 15) is 23.8 Å². The number of rotatable bonds is 4. The van der Waals surface area contributed by atoms with Crippen LogP contribution in [0.15, 0.2) is 0 Å². The Bertz CT molecular complexity index is 563. The fourth-order valence-corrected chi connectivity index (χ4v) is 9.63. The molecule has 4 atom stereocenters. The second-order valence-corrected chi connectivity index (χ2v) is 11.3. The Labute approximate surface area is 154 Å². The van der Waals surface area contributed by atoms with Gasteiger partial charge in [-0.15, -0.1) is 23.5 Å². The van der Waals surface area contributed by atoms with Crippen molar-refractivity contribution in [2.45, 2.75) is 48.2 Å². The van der Waals surface area contributed by atoms with Crippen LogP contribution in [0.25, 0.3) is 0 Å². The van der Waals surface area contributed by atoms with E-state index in [2.05, 4.69) is 0 Å². The number of carbonyl (C=O) groups is 1. The lowest BCUT2D eigenvalue weighted by Crippen LogP contribution is -2.52. The molecule has 5 rings (SSSR count). The van der Waals surface area contributed by atoms with E-state index in [0.717, 1.165) is 6.42 Å². The van der Waals surface area contributed by atoms with Gasteiger partial charge in [0, 0.05) is 23.8 Å². The first-order chi connectivity index (χ1) is 11.7. The predicted molar refractivity (Wildman–Crippen MR) is 92.6 cm³/mol. The number of aliphatic hydroxyl groups excluding tert-OH is 2. The Balaban J connectivity index is 1.51. The molecule has 8 heteroatoms. The minimum absolute atomic E-state index is 0.0223. The third-order valence-electron chi connectivity index (χ3n) is 6.63. The molecule has 0 aromatic rings. The first kappa shape index (κ1) is 18.3. The molecule has 2 N–H and O–H groups in total. The van der Waals surface area contributed by atoms with E-state index >= 15 is 0 Å². The lowest BCUT2D eigenvalue weighted by molar-refractivity contribution is -0.190. The summed E-state index contributed by atoms with van der Waals surface area (Å²) in [5, 5.41) is 19.3. The van der Waals surface area contributed by atoms with Gasteiger partial charge < -0.3 is 14.9 Å². The van der Waals surface area contributed by atoms with Crippen LogP contribution in [0.2, 0.25) is 0 Å². The first-order valence-electron chi connectivity index (χ1n) is 8.79. The van der Waals surface area contributed by atoms with Gasteiger partial charge in [0.25, 0.3) is 0 Å². The SMILES string of the molecule is CC(F)(F)C(=O)OC12CC3CC(C1)C1(SCC(CO)(CO)CS1)C3C2. The van der Waals surface area contributed by atoms with Crippen LogP contribution in [-0.4, -0.2) is 56.5 Å². The number of esters is 1. The monoisotopic (exact) mass is 394 g/mol. The topological polar surface area (TPSA) is 66.8 Å². The zero-order chi connectivity index (χ0) is 18.1. The van der Waals surface area contributed by atoms with Crippen molar-refractivity contribution in [1.82, 2.24) is 0 Å². The van der Waals surface area contributed by atoms with Crippen LogP contribution in [-0.2, 0) is 9.53 Å². The number of ether oxygens (including phenoxy) is 1. The molecule has 0 aromatic heterocycles. The molecule has 4 aliphatic carbocycles. The number of alkyl halides is 2. The quantitative estimate of drug-likeness (QED) is 0.715. The van der Waals surface area contributed by atoms with Crippen molar-refractivity contribution in [3.63, 3.8) is 0 Å². The molecule has 0 radical (unpaired) electrons. The van der Waals surface area contributed by atoms with E-state index in [1.54, 1.807) is 0 Å². The van der Waals surface area contributed by atoms with Gasteiger partial charge >= 0.3 is 11.9 Å². The molecule has 1 spiro atoms. The van der Waals surface area contributed by atoms with Crippen LogP contribution < -0.4 is 0 Å². The fourth-order valence-electron chi connectivity index (χ4n) is 5.37. The van der Waals surface area contributed by atoms with Gasteiger partial charge in [-0.1, -0.05) is 0 Å². The van der Waals surface area contributed by atoms with Crippen LogP contribution in [0.4, 0.5) is 8.78 Å². The van der Waals surface area contributed by atoms with Crippen molar-refractivity contribution in [1.29, 1.82) is 0 Å². The van der Waals surface area contributed by atoms with Crippen LogP contribution >= 0.6 is 23.5 Å². The Morgan fingerprint density at radius 3 is 2.36 bits per heavy atom. The van der Waals surface area contributed by atoms with Gasteiger partial charge in [-0.3, -0.25) is 0 Å². The highest BCUT2D eigenvalue weighted by Gasteiger charge is 2.70. The molecule has 142 valence electrons. The summed E-state index contributed by atoms with van der Waals surface area (Å²) in [6, 6.07) is 0. The van der Waals surface area contributed by atoms with Crippen LogP contribution in [0.1, 0.15) is 32.6 Å². The number of hydrogen-bond donors (Lipinski definition) is 2. The lowest BCUT2D eigenvalue weighted by Gasteiger charge is -2.52. The first-order valence-corrected chi connectivity index (χ1v) is 10.8. The molecule has 4 bridgehead atoms. The van der Waals surface area contributed by atoms with E-state index < -0.39 is 22.9 Å². The van der Waals surface area contributed by atoms with Crippen LogP contribution in [0.5, 0.6) is 0 Å². The number of hydrogen-bond acceptors (Lipinski definition) is 6. The van der Waals surface area contributed by atoms with Crippen molar-refractivity contribution in [2.24, 2.45) is 23.2 Å². The highest BCUT2D eigenvalue weighted by Crippen LogP contribution is 2.74. The summed E-state index contributed by atoms with van der Waals surface area (Å²) in [7, 11) is 0. The molecule has 4 nitrogen and oxygen atoms in total. The van der Waals surface area contributed by atoms with Gasteiger partial charge in [0.15, 0.2) is 0 Å². The molecule has 1 heterocycles. The third-order valence-corrected chi connectivity index (χ3v) is 11.0. The van der Waals surface area contributed by atoms with Gasteiger partial charge in [0.1, 0.15) is 5.60 Å². The highest BCUT2D eigenvalue weighted by atomic mass is 32.2. The van der Waals surface area contributed by atoms with E-state index in [0.29, 0.717) is 55.4 Å². The van der Waals surface area contributed by atoms with Crippen molar-refractivity contribution in [2.75, 3.05) is 24.7 Å². The maximum Gasteiger partial charge on any atom is 0.377 e. The summed E-state index contributed by atoms with van der Waals surface area (Å²) in [6.07, 6.45) is 3.09. The number of aliphatic hydroxyl groups is 2. The van der Waals surface area contributed by atoms with Gasteiger partial charge in [-0.2, -0.15) is 8.78 Å². The molecule has 5 fully saturated rings. The molecular weight excluding hydrogens is 370 g/mol. The Hall–Kier alpha value is -0.0500. The molecule has 4 unspecified atom stereocenters. The summed E-state index contributed by atoms with van der Waals surface area (Å²) in [4.78, 5) is 11.7. The Kier molecular flexibility index (Phi) is 4.19. The molecule has 25 heavy (non-hydrogen) atoms. The van der Waals surface area contributed by atoms with Gasteiger partial charge in [-0.25, -0.2) is 4.79 Å². The normalized spacial score (nSPS) is 40.6. The van der Waals surface area contributed by atoms with E-state index in [1.807, 2.05) is 23.5 Å². The molecule has 5 aliphatic rings. The second kappa shape index (κ2) is 5.72. The predicted octanol–water partition coefficient (Wildman–Crippen LogP) is 2.52. The van der Waals surface area contributed by atoms with E-state index in [1.165, 1.54) is 0 Å². The summed E-state index contributed by atoms with van der Waals surface area (Å²) in [5.41, 5.74) is -1.14. The smallest absolute Gasteiger partial charge is 0.377 e. The maximum atomic E-state index is 13.3. The third kappa shape index (κ3) is 2.65. The number of carbonyl (C=O) groups excluding carboxylic acids is 1. The minimum atomic E-state index is -3.44. The fraction of sp³-hybridized carbons (Fsp3) is 0.941. The largest absolute Gasteiger partial charge is 0.455 e. The summed E-state index contributed by atoms with van der Waals surface area (Å²) in [6.45, 7) is 0.552. The highest BCUT2D eigenvalue weighted by molar-refractivity contribution is 8.18. The average Bonchev–Trinajstić information content (AvgIpc) is 2.94. The standard InChI is InChI=1S/C17H24F2O4S2/c1-14(18,19)13(22)23-16-3-10-2-11(4-16)17(12(10)5-16)24-8-15(6-20,7-21)9-25-17/h10-12,20-21H,2-9H2,1H3. The number of halogens is 2. The zero-order valence-corrected chi connectivity index (χ0v) is 15.8. The van der Waals surface area contributed by atoms with Crippen molar-refractivity contribution in [3.05, 3.63) is 0 Å². The van der Waals surface area contributed by atoms with Crippen molar-refractivity contribution >= 4 is 29.5 Å². The Morgan fingerprint density at radius 2 is 1.84 bits per heavy atom. The van der Waals surface area contributed by atoms with Crippen molar-refractivity contribution < 1.29 is 28.5 Å². The summed E-state index contributed by atoms with van der Waals surface area (Å²) in [5.74, 6) is -2.29. The summed E-state index contributed by atoms with van der Waals surface area (Å²) < 4.78 is 32.0. The number of thioether (sulfide) groups is 2. The maximum absolute atomic E-state index is 13.3. The van der Waals surface area contributed by atoms with E-state index in [-0.39, 0.29) is 17.3 Å². The Morgan fingerprint density at radius 1 is 1.20 bits per heavy atom. The summed E-state index contributed by atoms with van der Waals surface area (Å²) >= 11 is 3.66. The lowest BCUT2D eigenvalue weighted by atomic mass is 9.77. The molecule has 4 saturated carbocycles. The van der Waals surface area contributed by atoms with Gasteiger partial charge in [-0.05, 0) is 43.4 Å². The van der Waals surface area contributed by atoms with E-state index in [4.69, 9.17) is 4.74 Å². The average molecular weight is 395 g/mol. The molecular formula is C17H24F2O4S2. The van der Waals surface area contributed by atoms with Gasteiger partial charge in [0.2, 0.25) is 0 Å². The van der Waals surface area contributed by atoms with Gasteiger partial charge in [0.05, 0.1) is 17.3 Å². The minimum Gasteiger partial charge on any atom is -0.455 e. The van der Waals surface area contributed by atoms with Crippen LogP contribution in [0.3, 0.4) is 0 Å². The van der Waals surface area contributed by atoms with Crippen molar-refractivity contribution in [3.8, 4) is 0 Å². The molecule has 1 aliphatic heterocycles.